The van der Waals surface area contributed by atoms with Gasteiger partial charge in [-0.2, -0.15) is 8.70 Å². The number of nitro benzene ring substituents is 1. The lowest BCUT2D eigenvalue weighted by molar-refractivity contribution is -0.387. The molecule has 1 aliphatic rings. The summed E-state index contributed by atoms with van der Waals surface area (Å²) in [6, 6.07) is 2.53. The van der Waals surface area contributed by atoms with E-state index in [1.807, 2.05) is 0 Å². The molecule has 7 nitrogen and oxygen atoms in total. The summed E-state index contributed by atoms with van der Waals surface area (Å²) in [5, 5.41) is 19.7. The van der Waals surface area contributed by atoms with Crippen LogP contribution in [-0.4, -0.2) is 42.4 Å². The van der Waals surface area contributed by atoms with Gasteiger partial charge in [-0.3, -0.25) is 10.1 Å². The van der Waals surface area contributed by atoms with Crippen molar-refractivity contribution in [2.24, 2.45) is 5.92 Å². The van der Waals surface area contributed by atoms with Gasteiger partial charge in [0.05, 0.1) is 9.82 Å². The van der Waals surface area contributed by atoms with E-state index in [1.54, 1.807) is 0 Å². The normalized spacial score (nSPS) is 20.4. The predicted octanol–water partition coefficient (Wildman–Crippen LogP) is 1.13. The van der Waals surface area contributed by atoms with Gasteiger partial charge < -0.3 is 5.11 Å². The van der Waals surface area contributed by atoms with E-state index in [0.29, 0.717) is 12.5 Å². The van der Waals surface area contributed by atoms with E-state index in [1.165, 1.54) is 4.31 Å². The van der Waals surface area contributed by atoms with Crippen LogP contribution in [0.3, 0.4) is 0 Å². The average Bonchev–Trinajstić information content (AvgIpc) is 2.46. The van der Waals surface area contributed by atoms with Crippen LogP contribution in [0.4, 0.5) is 10.1 Å². The number of rotatable bonds is 4. The molecule has 0 radical (unpaired) electrons. The van der Waals surface area contributed by atoms with Crippen LogP contribution in [0.2, 0.25) is 0 Å². The van der Waals surface area contributed by atoms with Crippen LogP contribution in [-0.2, 0) is 10.0 Å². The van der Waals surface area contributed by atoms with Crippen molar-refractivity contribution in [2.75, 3.05) is 19.7 Å². The predicted molar refractivity (Wildman–Crippen MR) is 71.6 cm³/mol. The number of nitrogens with zero attached hydrogens (tertiary/aromatic N) is 2. The molecule has 0 aromatic heterocycles. The van der Waals surface area contributed by atoms with E-state index in [0.717, 1.165) is 18.6 Å². The summed E-state index contributed by atoms with van der Waals surface area (Å²) >= 11 is 0. The smallest absolute Gasteiger partial charge is 0.304 e. The Labute approximate surface area is 121 Å². The van der Waals surface area contributed by atoms with Crippen LogP contribution in [0.15, 0.2) is 23.1 Å². The van der Waals surface area contributed by atoms with Crippen LogP contribution in [0.1, 0.15) is 12.8 Å². The Morgan fingerprint density at radius 3 is 2.76 bits per heavy atom. The van der Waals surface area contributed by atoms with Crippen molar-refractivity contribution in [2.45, 2.75) is 17.7 Å². The first-order valence-electron chi connectivity index (χ1n) is 6.41. The zero-order valence-electron chi connectivity index (χ0n) is 11.1. The van der Waals surface area contributed by atoms with Crippen molar-refractivity contribution in [3.63, 3.8) is 0 Å². The first-order valence-corrected chi connectivity index (χ1v) is 7.85. The van der Waals surface area contributed by atoms with E-state index in [2.05, 4.69) is 0 Å². The number of hydrogen-bond acceptors (Lipinski definition) is 5. The molecule has 0 spiro atoms. The van der Waals surface area contributed by atoms with Gasteiger partial charge in [0.1, 0.15) is 0 Å². The molecule has 0 bridgehead atoms. The Balaban J connectivity index is 2.31. The fourth-order valence-corrected chi connectivity index (χ4v) is 3.91. The quantitative estimate of drug-likeness (QED) is 0.662. The topological polar surface area (TPSA) is 101 Å². The van der Waals surface area contributed by atoms with Gasteiger partial charge in [0.15, 0.2) is 0 Å². The van der Waals surface area contributed by atoms with Gasteiger partial charge in [0.2, 0.25) is 15.8 Å². The molecule has 0 amide bonds. The maximum atomic E-state index is 13.6. The largest absolute Gasteiger partial charge is 0.396 e. The van der Waals surface area contributed by atoms with Crippen molar-refractivity contribution >= 4 is 15.7 Å². The molecule has 1 aliphatic heterocycles. The fraction of sp³-hybridized carbons (Fsp3) is 0.500. The zero-order valence-corrected chi connectivity index (χ0v) is 11.9. The molecular weight excluding hydrogens is 303 g/mol. The van der Waals surface area contributed by atoms with Gasteiger partial charge in [-0.25, -0.2) is 8.42 Å². The van der Waals surface area contributed by atoms with Crippen molar-refractivity contribution in [3.8, 4) is 0 Å². The highest BCUT2D eigenvalue weighted by Crippen LogP contribution is 2.26. The van der Waals surface area contributed by atoms with Crippen molar-refractivity contribution in [1.82, 2.24) is 4.31 Å². The lowest BCUT2D eigenvalue weighted by atomic mass is 10.0. The molecule has 1 aromatic carbocycles. The highest BCUT2D eigenvalue weighted by molar-refractivity contribution is 7.89. The zero-order chi connectivity index (χ0) is 15.6. The second kappa shape index (κ2) is 6.04. The summed E-state index contributed by atoms with van der Waals surface area (Å²) < 4.78 is 39.5. The Morgan fingerprint density at radius 1 is 1.48 bits per heavy atom. The Hall–Kier alpha value is -1.58. The number of sulfonamides is 1. The Morgan fingerprint density at radius 2 is 2.19 bits per heavy atom. The average molecular weight is 318 g/mol. The highest BCUT2D eigenvalue weighted by atomic mass is 32.2. The van der Waals surface area contributed by atoms with E-state index in [4.69, 9.17) is 5.11 Å². The molecule has 1 aromatic rings. The standard InChI is InChI=1S/C12H15FN2O5S/c13-11-6-10(3-4-12(11)15(17)18)21(19,20)14-5-1-2-9(7-14)8-16/h3-4,6,9,16H,1-2,5,7-8H2. The first-order chi connectivity index (χ1) is 9.86. The third-order valence-electron chi connectivity index (χ3n) is 3.49. The minimum Gasteiger partial charge on any atom is -0.396 e. The number of nitro groups is 1. The maximum absolute atomic E-state index is 13.6. The van der Waals surface area contributed by atoms with E-state index in [-0.39, 0.29) is 30.5 Å². The van der Waals surface area contributed by atoms with Crippen LogP contribution in [0.5, 0.6) is 0 Å². The monoisotopic (exact) mass is 318 g/mol. The molecule has 21 heavy (non-hydrogen) atoms. The van der Waals surface area contributed by atoms with Crippen molar-refractivity contribution < 1.29 is 22.8 Å². The van der Waals surface area contributed by atoms with Crippen LogP contribution >= 0.6 is 0 Å². The molecular formula is C12H15FN2O5S. The minimum atomic E-state index is -3.91. The summed E-state index contributed by atoms with van der Waals surface area (Å²) in [5.74, 6) is -1.33. The van der Waals surface area contributed by atoms with E-state index < -0.39 is 26.5 Å². The van der Waals surface area contributed by atoms with Crippen molar-refractivity contribution in [3.05, 3.63) is 34.1 Å². The summed E-state index contributed by atoms with van der Waals surface area (Å²) in [6.07, 6.45) is 1.34. The Kier molecular flexibility index (Phi) is 4.55. The molecule has 0 saturated carbocycles. The lowest BCUT2D eigenvalue weighted by Gasteiger charge is -2.30. The first kappa shape index (κ1) is 15.8. The Bertz CT molecular complexity index is 649. The van der Waals surface area contributed by atoms with Crippen LogP contribution in [0, 0.1) is 21.8 Å². The number of piperidine rings is 1. The molecule has 1 N–H and O–H groups in total. The van der Waals surface area contributed by atoms with Crippen LogP contribution < -0.4 is 0 Å². The van der Waals surface area contributed by atoms with Crippen molar-refractivity contribution in [1.29, 1.82) is 0 Å². The van der Waals surface area contributed by atoms with Gasteiger partial charge in [-0.05, 0) is 24.8 Å². The fourth-order valence-electron chi connectivity index (χ4n) is 2.34. The van der Waals surface area contributed by atoms with Crippen LogP contribution in [0.25, 0.3) is 0 Å². The second-order valence-corrected chi connectivity index (χ2v) is 6.86. The second-order valence-electron chi connectivity index (χ2n) is 4.92. The molecule has 2 rings (SSSR count). The van der Waals surface area contributed by atoms with Gasteiger partial charge in [0, 0.05) is 31.8 Å². The molecule has 1 saturated heterocycles. The summed E-state index contributed by atoms with van der Waals surface area (Å²) in [7, 11) is -3.91. The molecule has 1 fully saturated rings. The molecule has 1 atom stereocenters. The maximum Gasteiger partial charge on any atom is 0.304 e. The third kappa shape index (κ3) is 3.20. The summed E-state index contributed by atoms with van der Waals surface area (Å²) in [5.41, 5.74) is -0.763. The number of benzene rings is 1. The molecule has 0 aliphatic carbocycles. The van der Waals surface area contributed by atoms with Gasteiger partial charge in [-0.15, -0.1) is 0 Å². The highest BCUT2D eigenvalue weighted by Gasteiger charge is 2.31. The summed E-state index contributed by atoms with van der Waals surface area (Å²) in [6.45, 7) is 0.343. The van der Waals surface area contributed by atoms with E-state index in [9.17, 15) is 22.9 Å². The summed E-state index contributed by atoms with van der Waals surface area (Å²) in [4.78, 5) is 9.32. The molecule has 1 heterocycles. The van der Waals surface area contributed by atoms with Gasteiger partial charge in [-0.1, -0.05) is 0 Å². The third-order valence-corrected chi connectivity index (χ3v) is 5.35. The van der Waals surface area contributed by atoms with Gasteiger partial charge in [0.25, 0.3) is 0 Å². The molecule has 116 valence electrons. The number of hydrogen-bond donors (Lipinski definition) is 1. The van der Waals surface area contributed by atoms with Gasteiger partial charge >= 0.3 is 5.69 Å². The number of halogens is 1. The lowest BCUT2D eigenvalue weighted by Crippen LogP contribution is -2.40. The number of aliphatic hydroxyl groups excluding tert-OH is 1. The van der Waals surface area contributed by atoms with E-state index >= 15 is 0 Å². The minimum absolute atomic E-state index is 0.110. The molecule has 9 heteroatoms. The number of aliphatic hydroxyl groups is 1. The molecule has 1 unspecified atom stereocenters. The SMILES string of the molecule is O=[N+]([O-])c1ccc(S(=O)(=O)N2CCCC(CO)C2)cc1F.